The summed E-state index contributed by atoms with van der Waals surface area (Å²) in [7, 11) is 0. The first-order chi connectivity index (χ1) is 13.8. The molecule has 0 atom stereocenters. The van der Waals surface area contributed by atoms with Crippen molar-refractivity contribution in [3.63, 3.8) is 0 Å². The van der Waals surface area contributed by atoms with E-state index >= 15 is 0 Å². The van der Waals surface area contributed by atoms with Crippen LogP contribution in [0.5, 0.6) is 0 Å². The third-order valence-corrected chi connectivity index (χ3v) is 7.60. The molecule has 0 N–H and O–H groups in total. The van der Waals surface area contributed by atoms with E-state index in [-0.39, 0.29) is 5.91 Å². The molecular weight excluding hydrogens is 394 g/mol. The van der Waals surface area contributed by atoms with Crippen LogP contribution < -0.4 is 0 Å². The molecule has 3 aromatic heterocycles. The van der Waals surface area contributed by atoms with Crippen LogP contribution in [0.3, 0.4) is 0 Å². The third kappa shape index (κ3) is 3.09. The first-order valence-electron chi connectivity index (χ1n) is 9.93. The van der Waals surface area contributed by atoms with Crippen LogP contribution in [0.25, 0.3) is 15.9 Å². The Morgan fingerprint density at radius 3 is 2.86 bits per heavy atom. The Kier molecular flexibility index (Phi) is 4.98. The van der Waals surface area contributed by atoms with Crippen molar-refractivity contribution in [1.82, 2.24) is 24.5 Å². The summed E-state index contributed by atoms with van der Waals surface area (Å²) in [6.45, 7) is 4.69. The van der Waals surface area contributed by atoms with Crippen LogP contribution in [0.2, 0.25) is 0 Å². The Labute approximate surface area is 171 Å². The molecule has 1 fully saturated rings. The Morgan fingerprint density at radius 2 is 2.04 bits per heavy atom. The Bertz CT molecular complexity index is 1040. The lowest BCUT2D eigenvalue weighted by Gasteiger charge is -2.26. The highest BCUT2D eigenvalue weighted by atomic mass is 32.2. The van der Waals surface area contributed by atoms with E-state index in [0.717, 1.165) is 40.7 Å². The number of rotatable bonds is 4. The maximum atomic E-state index is 12.5. The maximum Gasteiger partial charge on any atom is 0.233 e. The molecular formula is C19H23N5O2S2. The molecule has 5 rings (SSSR count). The zero-order valence-electron chi connectivity index (χ0n) is 15.9. The normalized spacial score (nSPS) is 17.4. The number of thioether (sulfide) groups is 1. The lowest BCUT2D eigenvalue weighted by molar-refractivity contribution is -0.132. The predicted molar refractivity (Wildman–Crippen MR) is 110 cm³/mol. The monoisotopic (exact) mass is 417 g/mol. The number of fused-ring (bicyclic) bond motifs is 5. The van der Waals surface area contributed by atoms with Gasteiger partial charge in [-0.3, -0.25) is 9.20 Å². The van der Waals surface area contributed by atoms with E-state index in [1.165, 1.54) is 40.4 Å². The summed E-state index contributed by atoms with van der Waals surface area (Å²) in [6.07, 6.45) is 5.54. The van der Waals surface area contributed by atoms with Gasteiger partial charge < -0.3 is 9.64 Å². The van der Waals surface area contributed by atoms with Crippen molar-refractivity contribution in [2.24, 2.45) is 0 Å². The number of amides is 1. The Hall–Kier alpha value is -1.71. The van der Waals surface area contributed by atoms with Crippen LogP contribution in [0, 0.1) is 0 Å². The van der Waals surface area contributed by atoms with Gasteiger partial charge in [0, 0.05) is 24.4 Å². The molecule has 0 unspecified atom stereocenters. The number of carbonyl (C=O) groups is 1. The van der Waals surface area contributed by atoms with E-state index < -0.39 is 0 Å². The van der Waals surface area contributed by atoms with Crippen molar-refractivity contribution < 1.29 is 9.53 Å². The quantitative estimate of drug-likeness (QED) is 0.608. The lowest BCUT2D eigenvalue weighted by Crippen LogP contribution is -2.41. The molecule has 0 saturated carbocycles. The van der Waals surface area contributed by atoms with Gasteiger partial charge in [-0.2, -0.15) is 0 Å². The van der Waals surface area contributed by atoms with Crippen molar-refractivity contribution in [3.8, 4) is 0 Å². The number of hydrogen-bond donors (Lipinski definition) is 0. The van der Waals surface area contributed by atoms with E-state index in [2.05, 4.69) is 21.5 Å². The standard InChI is InChI=1S/C19H23N5O2S2/c1-2-14-20-18-16(12-5-3-4-6-13(12)28-18)17-21-22-19(24(14)17)27-11-15(25)23-7-9-26-10-8-23/h2-11H2,1H3. The van der Waals surface area contributed by atoms with Gasteiger partial charge in [0.25, 0.3) is 0 Å². The smallest absolute Gasteiger partial charge is 0.233 e. The highest BCUT2D eigenvalue weighted by Crippen LogP contribution is 2.38. The molecule has 9 heteroatoms. The molecule has 1 aliphatic carbocycles. The van der Waals surface area contributed by atoms with E-state index in [9.17, 15) is 4.79 Å². The van der Waals surface area contributed by atoms with Gasteiger partial charge in [0.05, 0.1) is 24.4 Å². The Morgan fingerprint density at radius 1 is 1.21 bits per heavy atom. The van der Waals surface area contributed by atoms with Gasteiger partial charge in [-0.15, -0.1) is 21.5 Å². The van der Waals surface area contributed by atoms with Crippen molar-refractivity contribution in [2.75, 3.05) is 32.1 Å². The SMILES string of the molecule is CCc1nc2sc3c(c2c2nnc(SCC(=O)N4CCOCC4)n12)CCCC3. The minimum atomic E-state index is 0.130. The second-order valence-corrected chi connectivity index (χ2v) is 9.22. The number of ether oxygens (including phenoxy) is 1. The van der Waals surface area contributed by atoms with E-state index in [1.807, 2.05) is 16.2 Å². The van der Waals surface area contributed by atoms with Crippen molar-refractivity contribution in [2.45, 2.75) is 44.2 Å². The van der Waals surface area contributed by atoms with E-state index in [0.29, 0.717) is 32.1 Å². The number of aromatic nitrogens is 4. The van der Waals surface area contributed by atoms with Crippen molar-refractivity contribution in [1.29, 1.82) is 0 Å². The summed E-state index contributed by atoms with van der Waals surface area (Å²) >= 11 is 3.28. The molecule has 148 valence electrons. The molecule has 1 amide bonds. The van der Waals surface area contributed by atoms with Crippen molar-refractivity contribution in [3.05, 3.63) is 16.3 Å². The van der Waals surface area contributed by atoms with Crippen LogP contribution in [-0.4, -0.2) is 62.4 Å². The minimum Gasteiger partial charge on any atom is -0.378 e. The van der Waals surface area contributed by atoms with E-state index in [4.69, 9.17) is 9.72 Å². The van der Waals surface area contributed by atoms with Gasteiger partial charge >= 0.3 is 0 Å². The minimum absolute atomic E-state index is 0.130. The maximum absolute atomic E-state index is 12.5. The number of nitrogens with zero attached hydrogens (tertiary/aromatic N) is 5. The first-order valence-corrected chi connectivity index (χ1v) is 11.7. The van der Waals surface area contributed by atoms with Gasteiger partial charge in [0.1, 0.15) is 10.7 Å². The van der Waals surface area contributed by atoms with Crippen LogP contribution in [-0.2, 0) is 28.8 Å². The summed E-state index contributed by atoms with van der Waals surface area (Å²) in [4.78, 5) is 21.9. The average molecular weight is 418 g/mol. The molecule has 0 radical (unpaired) electrons. The summed E-state index contributed by atoms with van der Waals surface area (Å²) in [5, 5.41) is 10.9. The number of carbonyl (C=O) groups excluding carboxylic acids is 1. The molecule has 0 bridgehead atoms. The number of aryl methyl sites for hydroxylation is 3. The van der Waals surface area contributed by atoms with Crippen molar-refractivity contribution >= 4 is 44.9 Å². The molecule has 0 spiro atoms. The molecule has 3 aromatic rings. The van der Waals surface area contributed by atoms with Crippen LogP contribution in [0.1, 0.15) is 36.0 Å². The zero-order chi connectivity index (χ0) is 19.1. The highest BCUT2D eigenvalue weighted by Gasteiger charge is 2.24. The molecule has 28 heavy (non-hydrogen) atoms. The molecule has 7 nitrogen and oxygen atoms in total. The molecule has 1 aliphatic heterocycles. The summed E-state index contributed by atoms with van der Waals surface area (Å²) < 4.78 is 7.40. The fraction of sp³-hybridized carbons (Fsp3) is 0.579. The largest absolute Gasteiger partial charge is 0.378 e. The number of hydrogen-bond acceptors (Lipinski definition) is 7. The third-order valence-electron chi connectivity index (χ3n) is 5.50. The molecule has 1 saturated heterocycles. The second kappa shape index (κ2) is 7.61. The number of thiophene rings is 1. The average Bonchev–Trinajstić information content (AvgIpc) is 3.33. The highest BCUT2D eigenvalue weighted by molar-refractivity contribution is 7.99. The first kappa shape index (κ1) is 18.3. The topological polar surface area (TPSA) is 72.6 Å². The van der Waals surface area contributed by atoms with Gasteiger partial charge in [-0.25, -0.2) is 4.98 Å². The molecule has 0 aromatic carbocycles. The lowest BCUT2D eigenvalue weighted by atomic mass is 9.97. The predicted octanol–water partition coefficient (Wildman–Crippen LogP) is 2.73. The zero-order valence-corrected chi connectivity index (χ0v) is 17.6. The van der Waals surface area contributed by atoms with Gasteiger partial charge in [-0.1, -0.05) is 18.7 Å². The van der Waals surface area contributed by atoms with Crippen LogP contribution in [0.4, 0.5) is 0 Å². The van der Waals surface area contributed by atoms with Gasteiger partial charge in [-0.05, 0) is 31.2 Å². The molecule has 2 aliphatic rings. The summed E-state index contributed by atoms with van der Waals surface area (Å²) in [6, 6.07) is 0. The Balaban J connectivity index is 1.50. The van der Waals surface area contributed by atoms with Crippen LogP contribution in [0.15, 0.2) is 5.16 Å². The summed E-state index contributed by atoms with van der Waals surface area (Å²) in [5.74, 6) is 1.46. The second-order valence-electron chi connectivity index (χ2n) is 7.20. The van der Waals surface area contributed by atoms with Gasteiger partial charge in [0.2, 0.25) is 5.91 Å². The van der Waals surface area contributed by atoms with Crippen LogP contribution >= 0.6 is 23.1 Å². The van der Waals surface area contributed by atoms with E-state index in [1.54, 1.807) is 0 Å². The van der Waals surface area contributed by atoms with Gasteiger partial charge in [0.15, 0.2) is 10.8 Å². The fourth-order valence-corrected chi connectivity index (χ4v) is 6.18. The molecule has 4 heterocycles. The number of morpholine rings is 1. The summed E-state index contributed by atoms with van der Waals surface area (Å²) in [5.41, 5.74) is 2.32. The fourth-order valence-electron chi connectivity index (χ4n) is 4.05.